The second-order valence-electron chi connectivity index (χ2n) is 2.15. The number of hydrogen-bond donors (Lipinski definition) is 0. The molecule has 0 aliphatic carbocycles. The summed E-state index contributed by atoms with van der Waals surface area (Å²) >= 11 is 0. The minimum atomic E-state index is -4.36. The fraction of sp³-hybridized carbons (Fsp3) is 0.125. The summed E-state index contributed by atoms with van der Waals surface area (Å²) in [5.74, 6) is 0. The van der Waals surface area contributed by atoms with Crippen molar-refractivity contribution in [1.29, 1.82) is 0 Å². The number of rotatable bonds is 1. The molecule has 13 heavy (non-hydrogen) atoms. The van der Waals surface area contributed by atoms with Crippen molar-refractivity contribution in [2.75, 3.05) is 0 Å². The minimum absolute atomic E-state index is 0. The zero-order valence-corrected chi connectivity index (χ0v) is 8.88. The molecule has 0 saturated heterocycles. The van der Waals surface area contributed by atoms with E-state index in [-0.39, 0.29) is 46.0 Å². The zero-order valence-electron chi connectivity index (χ0n) is 6.26. The van der Waals surface area contributed by atoms with Crippen LogP contribution in [0.1, 0.15) is 15.9 Å². The predicted molar refractivity (Wildman–Crippen MR) is 35.7 cm³/mol. The van der Waals surface area contributed by atoms with Gasteiger partial charge in [0.2, 0.25) is 0 Å². The summed E-state index contributed by atoms with van der Waals surface area (Å²) in [4.78, 5) is 10.1. The van der Waals surface area contributed by atoms with E-state index in [0.717, 1.165) is 18.2 Å². The maximum atomic E-state index is 11.9. The molecule has 0 spiro atoms. The van der Waals surface area contributed by atoms with Crippen LogP contribution in [-0.2, 0) is 6.18 Å². The molecule has 0 aliphatic heterocycles. The summed E-state index contributed by atoms with van der Waals surface area (Å²) in [6.45, 7) is 0. The van der Waals surface area contributed by atoms with E-state index >= 15 is 0 Å². The van der Waals surface area contributed by atoms with Crippen molar-refractivity contribution >= 4 is 6.29 Å². The van der Waals surface area contributed by atoms with Gasteiger partial charge in [0.15, 0.2) is 0 Å². The zero-order chi connectivity index (χ0) is 9.19. The van der Waals surface area contributed by atoms with Gasteiger partial charge in [-0.05, 0) is 5.56 Å². The molecule has 0 atom stereocenters. The van der Waals surface area contributed by atoms with Crippen LogP contribution in [0.15, 0.2) is 18.2 Å². The second kappa shape index (κ2) is 5.04. The Morgan fingerprint density at radius 3 is 2.23 bits per heavy atom. The van der Waals surface area contributed by atoms with Crippen LogP contribution in [0, 0.1) is 46.5 Å². The molecule has 0 heterocycles. The van der Waals surface area contributed by atoms with Gasteiger partial charge in [-0.3, -0.25) is 0 Å². The number of carbonyl (C=O) groups is 1. The first kappa shape index (κ1) is 13.0. The van der Waals surface area contributed by atoms with Gasteiger partial charge >= 0.3 is 6.18 Å². The summed E-state index contributed by atoms with van der Waals surface area (Å²) in [6.07, 6.45) is -3.92. The Labute approximate surface area is 105 Å². The maximum Gasteiger partial charge on any atom is 0.381 e. The Morgan fingerprint density at radius 2 is 1.92 bits per heavy atom. The number of halogens is 3. The van der Waals surface area contributed by atoms with E-state index < -0.39 is 11.7 Å². The Morgan fingerprint density at radius 1 is 1.31 bits per heavy atom. The number of hydrogen-bond acceptors (Lipinski definition) is 1. The van der Waals surface area contributed by atoms with Crippen LogP contribution in [0.3, 0.4) is 0 Å². The fourth-order valence-electron chi connectivity index (χ4n) is 0.686. The van der Waals surface area contributed by atoms with Gasteiger partial charge in [-0.1, -0.05) is 0 Å². The van der Waals surface area contributed by atoms with Gasteiger partial charge in [0.1, 0.15) is 0 Å². The van der Waals surface area contributed by atoms with E-state index in [4.69, 9.17) is 0 Å². The first-order valence-electron chi connectivity index (χ1n) is 3.08. The SMILES string of the molecule is O=Cc1[c-]cc(C(F)(F)F)cc1.[Sm]. The molecule has 1 nitrogen and oxygen atoms in total. The van der Waals surface area contributed by atoms with E-state index in [2.05, 4.69) is 6.07 Å². The van der Waals surface area contributed by atoms with Gasteiger partial charge in [-0.2, -0.15) is 13.2 Å². The van der Waals surface area contributed by atoms with Gasteiger partial charge in [0.25, 0.3) is 0 Å². The minimum Gasteiger partial charge on any atom is -0.355 e. The van der Waals surface area contributed by atoms with Crippen molar-refractivity contribution in [1.82, 2.24) is 0 Å². The average Bonchev–Trinajstić information content (AvgIpc) is 2.03. The van der Waals surface area contributed by atoms with Crippen LogP contribution in [0.25, 0.3) is 0 Å². The van der Waals surface area contributed by atoms with Crippen molar-refractivity contribution in [3.63, 3.8) is 0 Å². The smallest absolute Gasteiger partial charge is 0.355 e. The Bertz CT molecular complexity index is 278. The second-order valence-corrected chi connectivity index (χ2v) is 2.15. The molecular formula is C8H4F3OSm-. The molecule has 0 N–H and O–H groups in total. The van der Waals surface area contributed by atoms with E-state index in [9.17, 15) is 18.0 Å². The van der Waals surface area contributed by atoms with E-state index in [0.29, 0.717) is 6.29 Å². The molecule has 5 heteroatoms. The summed E-state index contributed by atoms with van der Waals surface area (Å²) in [7, 11) is 0. The van der Waals surface area contributed by atoms with Crippen LogP contribution in [-0.4, -0.2) is 6.29 Å². The van der Waals surface area contributed by atoms with Crippen molar-refractivity contribution < 1.29 is 58.4 Å². The van der Waals surface area contributed by atoms with Crippen LogP contribution >= 0.6 is 0 Å². The summed E-state index contributed by atoms with van der Waals surface area (Å²) < 4.78 is 35.7. The molecular weight excluding hydrogens is 319 g/mol. The van der Waals surface area contributed by atoms with Gasteiger partial charge in [-0.15, -0.1) is 29.8 Å². The molecule has 0 aliphatic rings. The summed E-state index contributed by atoms with van der Waals surface area (Å²) in [5.41, 5.74) is -0.684. The molecule has 0 bridgehead atoms. The van der Waals surface area contributed by atoms with Crippen LogP contribution < -0.4 is 0 Å². The predicted octanol–water partition coefficient (Wildman–Crippen LogP) is 2.32. The molecule has 0 unspecified atom stereocenters. The van der Waals surface area contributed by atoms with Crippen LogP contribution in [0.5, 0.6) is 0 Å². The summed E-state index contributed by atoms with van der Waals surface area (Å²) in [5, 5.41) is 0. The average molecular weight is 323 g/mol. The molecule has 1 rings (SSSR count). The first-order valence-corrected chi connectivity index (χ1v) is 3.08. The fourth-order valence-corrected chi connectivity index (χ4v) is 0.686. The molecule has 0 saturated carbocycles. The van der Waals surface area contributed by atoms with Crippen LogP contribution in [0.2, 0.25) is 0 Å². The van der Waals surface area contributed by atoms with Gasteiger partial charge in [-0.25, -0.2) is 0 Å². The van der Waals surface area contributed by atoms with Crippen molar-refractivity contribution in [2.24, 2.45) is 0 Å². The maximum absolute atomic E-state index is 11.9. The van der Waals surface area contributed by atoms with E-state index in [1.165, 1.54) is 0 Å². The van der Waals surface area contributed by atoms with Gasteiger partial charge < -0.3 is 4.79 Å². The Kier molecular flexibility index (Phi) is 5.04. The third-order valence-corrected chi connectivity index (χ3v) is 1.29. The van der Waals surface area contributed by atoms with Gasteiger partial charge in [0.05, 0.1) is 6.29 Å². The topological polar surface area (TPSA) is 17.1 Å². The number of aldehydes is 1. The third kappa shape index (κ3) is 3.71. The quantitative estimate of drug-likeness (QED) is 0.573. The Hall–Kier alpha value is 0.0177. The largest absolute Gasteiger partial charge is 0.381 e. The molecule has 1 aromatic rings. The number of benzene rings is 1. The van der Waals surface area contributed by atoms with Gasteiger partial charge in [0, 0.05) is 40.4 Å². The van der Waals surface area contributed by atoms with E-state index in [1.807, 2.05) is 0 Å². The molecule has 0 amide bonds. The molecule has 0 radical (unpaired) electrons. The third-order valence-electron chi connectivity index (χ3n) is 1.29. The molecule has 70 valence electrons. The van der Waals surface area contributed by atoms with Crippen molar-refractivity contribution in [3.8, 4) is 0 Å². The standard InChI is InChI=1S/C8H4F3O.Sm/c9-8(10,11)7-3-1-6(5-12)2-4-7;/h1,3-5H;/q-1;. The monoisotopic (exact) mass is 325 g/mol. The van der Waals surface area contributed by atoms with Crippen LogP contribution in [0.4, 0.5) is 13.2 Å². The molecule has 0 fully saturated rings. The van der Waals surface area contributed by atoms with Crippen molar-refractivity contribution in [3.05, 3.63) is 35.4 Å². The molecule has 1 aromatic carbocycles. The Balaban J connectivity index is 0.00000144. The molecule has 0 aromatic heterocycles. The van der Waals surface area contributed by atoms with E-state index in [1.54, 1.807) is 0 Å². The normalized spacial score (nSPS) is 10.4. The number of alkyl halides is 3. The first-order chi connectivity index (χ1) is 5.54. The van der Waals surface area contributed by atoms with Crippen molar-refractivity contribution in [2.45, 2.75) is 6.18 Å². The summed E-state index contributed by atoms with van der Waals surface area (Å²) in [6, 6.07) is 4.89. The number of carbonyl (C=O) groups excluding carboxylic acids is 1.